The predicted molar refractivity (Wildman–Crippen MR) is 49.7 cm³/mol. The standard InChI is InChI=1S/C9H19NO3/c1-10(6-9(11-2)12-3)8-4-5-13-7-8/h8-9H,4-7H2,1-3H3. The zero-order valence-corrected chi connectivity index (χ0v) is 8.66. The summed E-state index contributed by atoms with van der Waals surface area (Å²) in [7, 11) is 5.39. The second-order valence-electron chi connectivity index (χ2n) is 3.36. The number of likely N-dealkylation sites (N-methyl/N-ethyl adjacent to an activating group) is 1. The molecule has 1 aliphatic rings. The van der Waals surface area contributed by atoms with E-state index in [1.54, 1.807) is 14.2 Å². The minimum absolute atomic E-state index is 0.134. The lowest BCUT2D eigenvalue weighted by Gasteiger charge is -2.26. The van der Waals surface area contributed by atoms with Gasteiger partial charge in [-0.05, 0) is 13.5 Å². The lowest BCUT2D eigenvalue weighted by molar-refractivity contribution is -0.117. The SMILES string of the molecule is COC(CN(C)C1CCOC1)OC. The Morgan fingerprint density at radius 1 is 1.46 bits per heavy atom. The van der Waals surface area contributed by atoms with Crippen LogP contribution in [0.4, 0.5) is 0 Å². The van der Waals surface area contributed by atoms with Crippen molar-refractivity contribution < 1.29 is 14.2 Å². The normalized spacial score (nSPS) is 23.3. The fraction of sp³-hybridized carbons (Fsp3) is 1.00. The number of rotatable bonds is 5. The van der Waals surface area contributed by atoms with Gasteiger partial charge in [0.05, 0.1) is 6.61 Å². The Balaban J connectivity index is 2.25. The first kappa shape index (κ1) is 10.9. The summed E-state index contributed by atoms with van der Waals surface area (Å²) in [5.74, 6) is 0. The van der Waals surface area contributed by atoms with Gasteiger partial charge in [0.25, 0.3) is 0 Å². The van der Waals surface area contributed by atoms with Gasteiger partial charge in [0, 0.05) is 33.4 Å². The number of ether oxygens (including phenoxy) is 3. The van der Waals surface area contributed by atoms with Crippen LogP contribution in [0, 0.1) is 0 Å². The van der Waals surface area contributed by atoms with Crippen molar-refractivity contribution in [2.75, 3.05) is 41.0 Å². The quantitative estimate of drug-likeness (QED) is 0.583. The summed E-state index contributed by atoms with van der Waals surface area (Å²) in [5.41, 5.74) is 0. The molecule has 4 heteroatoms. The monoisotopic (exact) mass is 189 g/mol. The minimum Gasteiger partial charge on any atom is -0.380 e. The summed E-state index contributed by atoms with van der Waals surface area (Å²) in [6.07, 6.45) is 0.974. The summed E-state index contributed by atoms with van der Waals surface area (Å²) in [6.45, 7) is 2.50. The van der Waals surface area contributed by atoms with Gasteiger partial charge in [-0.3, -0.25) is 4.90 Å². The lowest BCUT2D eigenvalue weighted by atomic mass is 10.2. The van der Waals surface area contributed by atoms with Crippen LogP contribution >= 0.6 is 0 Å². The van der Waals surface area contributed by atoms with Gasteiger partial charge in [0.2, 0.25) is 0 Å². The molecular weight excluding hydrogens is 170 g/mol. The molecule has 0 aromatic heterocycles. The van der Waals surface area contributed by atoms with Crippen molar-refractivity contribution in [3.63, 3.8) is 0 Å². The van der Waals surface area contributed by atoms with Crippen molar-refractivity contribution in [2.45, 2.75) is 18.8 Å². The van der Waals surface area contributed by atoms with Gasteiger partial charge in [-0.2, -0.15) is 0 Å². The molecule has 78 valence electrons. The fourth-order valence-electron chi connectivity index (χ4n) is 1.50. The van der Waals surface area contributed by atoms with E-state index in [1.165, 1.54) is 0 Å². The van der Waals surface area contributed by atoms with Gasteiger partial charge >= 0.3 is 0 Å². The minimum atomic E-state index is -0.134. The van der Waals surface area contributed by atoms with Crippen LogP contribution in [0.5, 0.6) is 0 Å². The molecule has 1 rings (SSSR count). The second-order valence-corrected chi connectivity index (χ2v) is 3.36. The van der Waals surface area contributed by atoms with Crippen molar-refractivity contribution in [3.8, 4) is 0 Å². The van der Waals surface area contributed by atoms with E-state index in [-0.39, 0.29) is 6.29 Å². The van der Waals surface area contributed by atoms with Crippen molar-refractivity contribution in [1.82, 2.24) is 4.90 Å². The van der Waals surface area contributed by atoms with Crippen LogP contribution in [0.25, 0.3) is 0 Å². The van der Waals surface area contributed by atoms with E-state index in [4.69, 9.17) is 14.2 Å². The van der Waals surface area contributed by atoms with Gasteiger partial charge in [0.1, 0.15) is 0 Å². The largest absolute Gasteiger partial charge is 0.380 e. The number of hydrogen-bond acceptors (Lipinski definition) is 4. The molecule has 0 radical (unpaired) electrons. The second kappa shape index (κ2) is 5.54. The van der Waals surface area contributed by atoms with Crippen LogP contribution in [-0.2, 0) is 14.2 Å². The molecule has 0 aromatic rings. The van der Waals surface area contributed by atoms with E-state index in [0.717, 1.165) is 26.2 Å². The molecule has 1 saturated heterocycles. The molecule has 1 unspecified atom stereocenters. The van der Waals surface area contributed by atoms with E-state index in [2.05, 4.69) is 11.9 Å². The van der Waals surface area contributed by atoms with E-state index in [0.29, 0.717) is 6.04 Å². The van der Waals surface area contributed by atoms with E-state index >= 15 is 0 Å². The van der Waals surface area contributed by atoms with E-state index in [9.17, 15) is 0 Å². The van der Waals surface area contributed by atoms with Crippen molar-refractivity contribution in [2.24, 2.45) is 0 Å². The smallest absolute Gasteiger partial charge is 0.169 e. The Bertz CT molecular complexity index is 133. The van der Waals surface area contributed by atoms with Gasteiger partial charge < -0.3 is 14.2 Å². The highest BCUT2D eigenvalue weighted by Crippen LogP contribution is 2.11. The molecule has 0 saturated carbocycles. The summed E-state index contributed by atoms with van der Waals surface area (Å²) >= 11 is 0. The summed E-state index contributed by atoms with van der Waals surface area (Å²) in [5, 5.41) is 0. The predicted octanol–water partition coefficient (Wildman–Crippen LogP) is 0.326. The molecule has 0 N–H and O–H groups in total. The summed E-state index contributed by atoms with van der Waals surface area (Å²) in [4.78, 5) is 2.23. The Labute approximate surface area is 79.8 Å². The number of nitrogens with zero attached hydrogens (tertiary/aromatic N) is 1. The molecule has 0 aromatic carbocycles. The highest BCUT2D eigenvalue weighted by Gasteiger charge is 2.22. The van der Waals surface area contributed by atoms with Crippen LogP contribution in [0.2, 0.25) is 0 Å². The van der Waals surface area contributed by atoms with Crippen molar-refractivity contribution >= 4 is 0 Å². The molecule has 4 nitrogen and oxygen atoms in total. The third-order valence-electron chi connectivity index (χ3n) is 2.49. The first-order valence-electron chi connectivity index (χ1n) is 4.61. The van der Waals surface area contributed by atoms with Gasteiger partial charge in [-0.25, -0.2) is 0 Å². The first-order chi connectivity index (χ1) is 6.27. The zero-order chi connectivity index (χ0) is 9.68. The number of hydrogen-bond donors (Lipinski definition) is 0. The maximum Gasteiger partial charge on any atom is 0.169 e. The first-order valence-corrected chi connectivity index (χ1v) is 4.61. The Morgan fingerprint density at radius 3 is 2.62 bits per heavy atom. The molecule has 0 spiro atoms. The Morgan fingerprint density at radius 2 is 2.15 bits per heavy atom. The van der Waals surface area contributed by atoms with Gasteiger partial charge in [0.15, 0.2) is 6.29 Å². The van der Waals surface area contributed by atoms with Crippen LogP contribution < -0.4 is 0 Å². The average molecular weight is 189 g/mol. The molecule has 1 aliphatic heterocycles. The molecule has 0 bridgehead atoms. The molecule has 0 amide bonds. The maximum atomic E-state index is 5.30. The van der Waals surface area contributed by atoms with Crippen LogP contribution in [0.15, 0.2) is 0 Å². The van der Waals surface area contributed by atoms with Gasteiger partial charge in [-0.1, -0.05) is 0 Å². The van der Waals surface area contributed by atoms with E-state index < -0.39 is 0 Å². The average Bonchev–Trinajstić information content (AvgIpc) is 2.66. The third-order valence-corrected chi connectivity index (χ3v) is 2.49. The van der Waals surface area contributed by atoms with Gasteiger partial charge in [-0.15, -0.1) is 0 Å². The molecular formula is C9H19NO3. The van der Waals surface area contributed by atoms with Crippen LogP contribution in [0.3, 0.4) is 0 Å². The number of methoxy groups -OCH3 is 2. The topological polar surface area (TPSA) is 30.9 Å². The Hall–Kier alpha value is -0.160. The zero-order valence-electron chi connectivity index (χ0n) is 8.66. The highest BCUT2D eigenvalue weighted by atomic mass is 16.7. The summed E-state index contributed by atoms with van der Waals surface area (Å²) in [6, 6.07) is 0.521. The lowest BCUT2D eigenvalue weighted by Crippen LogP contribution is -2.39. The molecule has 1 atom stereocenters. The van der Waals surface area contributed by atoms with E-state index in [1.807, 2.05) is 0 Å². The molecule has 0 aliphatic carbocycles. The van der Waals surface area contributed by atoms with Crippen LogP contribution in [-0.4, -0.2) is 58.3 Å². The molecule has 1 fully saturated rings. The third kappa shape index (κ3) is 3.23. The van der Waals surface area contributed by atoms with Crippen molar-refractivity contribution in [1.29, 1.82) is 0 Å². The summed E-state index contributed by atoms with van der Waals surface area (Å²) < 4.78 is 15.6. The van der Waals surface area contributed by atoms with Crippen LogP contribution in [0.1, 0.15) is 6.42 Å². The fourth-order valence-corrected chi connectivity index (χ4v) is 1.50. The maximum absolute atomic E-state index is 5.30. The molecule has 1 heterocycles. The van der Waals surface area contributed by atoms with Crippen molar-refractivity contribution in [3.05, 3.63) is 0 Å². The Kier molecular flexibility index (Phi) is 4.66. The molecule has 13 heavy (non-hydrogen) atoms. The highest BCUT2D eigenvalue weighted by molar-refractivity contribution is 4.73.